The number of fused-ring (bicyclic) bond motifs is 2. The van der Waals surface area contributed by atoms with E-state index < -0.39 is 17.5 Å². The molecule has 0 radical (unpaired) electrons. The molecule has 152 valence electrons. The number of carbonyl (C=O) groups excluding carboxylic acids is 1. The minimum atomic E-state index is -1.51. The Bertz CT molecular complexity index is 1290. The van der Waals surface area contributed by atoms with Gasteiger partial charge in [0.05, 0.1) is 41.4 Å². The largest absolute Gasteiger partial charge is 0.332 e. The first-order chi connectivity index (χ1) is 14.4. The Morgan fingerprint density at radius 2 is 1.90 bits per heavy atom. The highest BCUT2D eigenvalue weighted by atomic mass is 19.2. The maximum Gasteiger partial charge on any atom is 0.258 e. The summed E-state index contributed by atoms with van der Waals surface area (Å²) < 4.78 is 43.9. The van der Waals surface area contributed by atoms with Crippen LogP contribution in [0.1, 0.15) is 21.6 Å². The SMILES string of the molecule is Cn1nc2c(c1-c1cc(F)c(F)c(F)c1)CCN(C(=O)c1cnn3ccncc13)C2. The number of benzene rings is 1. The predicted octanol–water partition coefficient (Wildman–Crippen LogP) is 2.75. The van der Waals surface area contributed by atoms with E-state index in [2.05, 4.69) is 15.2 Å². The summed E-state index contributed by atoms with van der Waals surface area (Å²) in [5.41, 5.74) is 3.17. The quantitative estimate of drug-likeness (QED) is 0.475. The highest BCUT2D eigenvalue weighted by Gasteiger charge is 2.29. The van der Waals surface area contributed by atoms with Crippen molar-refractivity contribution < 1.29 is 18.0 Å². The van der Waals surface area contributed by atoms with Crippen LogP contribution in [0.3, 0.4) is 0 Å². The van der Waals surface area contributed by atoms with E-state index in [0.717, 1.165) is 17.7 Å². The molecule has 10 heteroatoms. The average molecular weight is 412 g/mol. The standard InChI is InChI=1S/C20H15F3N6O/c1-27-19(11-6-14(21)18(23)15(22)7-11)12-2-4-28(10-16(12)26-27)20(30)13-8-25-29-5-3-24-9-17(13)29/h3,5-9H,2,4,10H2,1H3. The Labute approximate surface area is 168 Å². The van der Waals surface area contributed by atoms with Crippen molar-refractivity contribution in [3.05, 3.63) is 71.2 Å². The molecular formula is C20H15F3N6O. The van der Waals surface area contributed by atoms with Gasteiger partial charge in [-0.25, -0.2) is 17.7 Å². The van der Waals surface area contributed by atoms with E-state index in [0.29, 0.717) is 35.4 Å². The van der Waals surface area contributed by atoms with Crippen molar-refractivity contribution in [3.63, 3.8) is 0 Å². The number of hydrogen-bond donors (Lipinski definition) is 0. The first kappa shape index (κ1) is 18.3. The van der Waals surface area contributed by atoms with Crippen molar-refractivity contribution in [1.82, 2.24) is 29.3 Å². The first-order valence-corrected chi connectivity index (χ1v) is 9.20. The van der Waals surface area contributed by atoms with Gasteiger partial charge in [-0.1, -0.05) is 0 Å². The van der Waals surface area contributed by atoms with Gasteiger partial charge in [0.25, 0.3) is 5.91 Å². The third-order valence-corrected chi connectivity index (χ3v) is 5.30. The van der Waals surface area contributed by atoms with Gasteiger partial charge in [0, 0.05) is 37.1 Å². The predicted molar refractivity (Wildman–Crippen MR) is 99.9 cm³/mol. The lowest BCUT2D eigenvalue weighted by Gasteiger charge is -2.26. The Balaban J connectivity index is 1.49. The second kappa shape index (κ2) is 6.68. The van der Waals surface area contributed by atoms with Crippen molar-refractivity contribution in [2.24, 2.45) is 7.05 Å². The lowest BCUT2D eigenvalue weighted by Crippen LogP contribution is -2.35. The van der Waals surface area contributed by atoms with Crippen LogP contribution in [0.4, 0.5) is 13.2 Å². The maximum absolute atomic E-state index is 13.7. The number of nitrogens with zero attached hydrogens (tertiary/aromatic N) is 6. The monoisotopic (exact) mass is 412 g/mol. The van der Waals surface area contributed by atoms with Gasteiger partial charge in [0.15, 0.2) is 17.5 Å². The number of carbonyl (C=O) groups is 1. The molecule has 0 spiro atoms. The van der Waals surface area contributed by atoms with E-state index in [1.54, 1.807) is 35.1 Å². The van der Waals surface area contributed by atoms with E-state index >= 15 is 0 Å². The van der Waals surface area contributed by atoms with Crippen LogP contribution in [-0.4, -0.2) is 41.7 Å². The molecule has 0 aliphatic carbocycles. The highest BCUT2D eigenvalue weighted by Crippen LogP contribution is 2.32. The molecule has 5 rings (SSSR count). The molecule has 1 aliphatic heterocycles. The topological polar surface area (TPSA) is 68.3 Å². The molecule has 30 heavy (non-hydrogen) atoms. The molecule has 4 aromatic rings. The van der Waals surface area contributed by atoms with Gasteiger partial charge in [-0.15, -0.1) is 0 Å². The van der Waals surface area contributed by atoms with Crippen molar-refractivity contribution >= 4 is 11.4 Å². The Morgan fingerprint density at radius 3 is 2.67 bits per heavy atom. The third kappa shape index (κ3) is 2.75. The van der Waals surface area contributed by atoms with Crippen LogP contribution < -0.4 is 0 Å². The van der Waals surface area contributed by atoms with Crippen LogP contribution in [0, 0.1) is 17.5 Å². The van der Waals surface area contributed by atoms with Crippen LogP contribution in [0.5, 0.6) is 0 Å². The summed E-state index contributed by atoms with van der Waals surface area (Å²) in [5, 5.41) is 8.60. The van der Waals surface area contributed by atoms with Crippen molar-refractivity contribution in [1.29, 1.82) is 0 Å². The number of aryl methyl sites for hydroxylation is 1. The fraction of sp³-hybridized carbons (Fsp3) is 0.200. The van der Waals surface area contributed by atoms with Gasteiger partial charge in [-0.05, 0) is 18.6 Å². The molecule has 0 atom stereocenters. The van der Waals surface area contributed by atoms with Crippen LogP contribution in [0.2, 0.25) is 0 Å². The Hall–Kier alpha value is -3.69. The van der Waals surface area contributed by atoms with Gasteiger partial charge < -0.3 is 4.90 Å². The number of halogens is 3. The normalized spacial score (nSPS) is 13.7. The molecule has 1 aromatic carbocycles. The molecule has 0 fully saturated rings. The van der Waals surface area contributed by atoms with Crippen LogP contribution >= 0.6 is 0 Å². The molecule has 7 nitrogen and oxygen atoms in total. The van der Waals surface area contributed by atoms with Crippen molar-refractivity contribution in [3.8, 4) is 11.3 Å². The zero-order valence-corrected chi connectivity index (χ0v) is 15.8. The lowest BCUT2D eigenvalue weighted by molar-refractivity contribution is 0.0734. The van der Waals surface area contributed by atoms with Crippen LogP contribution in [0.25, 0.3) is 16.8 Å². The maximum atomic E-state index is 13.7. The van der Waals surface area contributed by atoms with E-state index in [-0.39, 0.29) is 18.0 Å². The third-order valence-electron chi connectivity index (χ3n) is 5.30. The fourth-order valence-corrected chi connectivity index (χ4v) is 3.92. The Morgan fingerprint density at radius 1 is 1.13 bits per heavy atom. The number of aromatic nitrogens is 5. The van der Waals surface area contributed by atoms with Gasteiger partial charge in [0.1, 0.15) is 0 Å². The second-order valence-electron chi connectivity index (χ2n) is 7.09. The fourth-order valence-electron chi connectivity index (χ4n) is 3.92. The number of rotatable bonds is 2. The van der Waals surface area contributed by atoms with Gasteiger partial charge in [-0.2, -0.15) is 10.2 Å². The van der Waals surface area contributed by atoms with Crippen molar-refractivity contribution in [2.45, 2.75) is 13.0 Å². The summed E-state index contributed by atoms with van der Waals surface area (Å²) in [4.78, 5) is 18.7. The van der Waals surface area contributed by atoms with Crippen LogP contribution in [-0.2, 0) is 20.0 Å². The second-order valence-corrected chi connectivity index (χ2v) is 7.09. The van der Waals surface area contributed by atoms with Gasteiger partial charge in [0.2, 0.25) is 0 Å². The summed E-state index contributed by atoms with van der Waals surface area (Å²) in [6.45, 7) is 0.639. The minimum absolute atomic E-state index is 0.199. The summed E-state index contributed by atoms with van der Waals surface area (Å²) in [6, 6.07) is 1.92. The summed E-state index contributed by atoms with van der Waals surface area (Å²) in [5.74, 6) is -4.22. The summed E-state index contributed by atoms with van der Waals surface area (Å²) in [6.07, 6.45) is 6.77. The average Bonchev–Trinajstić information content (AvgIpc) is 3.30. The molecular weight excluding hydrogens is 397 g/mol. The molecule has 0 unspecified atom stereocenters. The van der Waals surface area contributed by atoms with E-state index in [4.69, 9.17) is 0 Å². The first-order valence-electron chi connectivity index (χ1n) is 9.20. The number of hydrogen-bond acceptors (Lipinski definition) is 4. The van der Waals surface area contributed by atoms with Gasteiger partial charge in [-0.3, -0.25) is 14.5 Å². The van der Waals surface area contributed by atoms with Crippen molar-refractivity contribution in [2.75, 3.05) is 6.54 Å². The molecule has 0 saturated carbocycles. The zero-order chi connectivity index (χ0) is 21.0. The highest BCUT2D eigenvalue weighted by molar-refractivity contribution is 6.00. The zero-order valence-electron chi connectivity index (χ0n) is 15.8. The smallest absolute Gasteiger partial charge is 0.258 e. The molecule has 1 amide bonds. The molecule has 0 N–H and O–H groups in total. The molecule has 4 heterocycles. The van der Waals surface area contributed by atoms with E-state index in [9.17, 15) is 18.0 Å². The lowest BCUT2D eigenvalue weighted by atomic mass is 9.99. The van der Waals surface area contributed by atoms with E-state index in [1.807, 2.05) is 0 Å². The summed E-state index contributed by atoms with van der Waals surface area (Å²) in [7, 11) is 1.65. The Kier molecular flexibility index (Phi) is 4.09. The minimum Gasteiger partial charge on any atom is -0.332 e. The number of amides is 1. The van der Waals surface area contributed by atoms with E-state index in [1.165, 1.54) is 10.9 Å². The summed E-state index contributed by atoms with van der Waals surface area (Å²) >= 11 is 0. The van der Waals surface area contributed by atoms with Gasteiger partial charge >= 0.3 is 0 Å². The molecule has 1 aliphatic rings. The van der Waals surface area contributed by atoms with Crippen LogP contribution in [0.15, 0.2) is 36.9 Å². The molecule has 0 saturated heterocycles. The molecule has 0 bridgehead atoms. The molecule has 3 aromatic heterocycles.